The molecule has 30 heavy (non-hydrogen) atoms. The zero-order valence-corrected chi connectivity index (χ0v) is 16.3. The molecule has 0 bridgehead atoms. The van der Waals surface area contributed by atoms with Crippen molar-refractivity contribution >= 4 is 23.3 Å². The van der Waals surface area contributed by atoms with E-state index < -0.39 is 22.4 Å². The van der Waals surface area contributed by atoms with Gasteiger partial charge in [-0.05, 0) is 43.5 Å². The molecule has 160 valence electrons. The van der Waals surface area contributed by atoms with Crippen molar-refractivity contribution in [1.82, 2.24) is 0 Å². The van der Waals surface area contributed by atoms with Gasteiger partial charge >= 0.3 is 6.18 Å². The molecule has 0 radical (unpaired) electrons. The quantitative estimate of drug-likeness (QED) is 0.400. The van der Waals surface area contributed by atoms with Crippen LogP contribution in [0.5, 0.6) is 5.75 Å². The van der Waals surface area contributed by atoms with Gasteiger partial charge in [0, 0.05) is 36.5 Å². The van der Waals surface area contributed by atoms with Crippen LogP contribution in [0.15, 0.2) is 41.5 Å². The molecule has 7 nitrogen and oxygen atoms in total. The van der Waals surface area contributed by atoms with E-state index in [2.05, 4.69) is 15.4 Å². The summed E-state index contributed by atoms with van der Waals surface area (Å²) in [6.45, 7) is 1.96. The van der Waals surface area contributed by atoms with Gasteiger partial charge in [-0.1, -0.05) is 0 Å². The number of halogens is 3. The van der Waals surface area contributed by atoms with E-state index >= 15 is 0 Å². The van der Waals surface area contributed by atoms with E-state index in [9.17, 15) is 23.3 Å². The van der Waals surface area contributed by atoms with E-state index in [1.165, 1.54) is 19.7 Å². The molecule has 1 saturated heterocycles. The molecule has 10 heteroatoms. The number of hydrazone groups is 1. The lowest BCUT2D eigenvalue weighted by Gasteiger charge is -2.29. The summed E-state index contributed by atoms with van der Waals surface area (Å²) in [6, 6.07) is 7.87. The fourth-order valence-corrected chi connectivity index (χ4v) is 3.28. The van der Waals surface area contributed by atoms with E-state index in [1.807, 2.05) is 18.2 Å². The van der Waals surface area contributed by atoms with Crippen molar-refractivity contribution in [3.8, 4) is 5.75 Å². The number of anilines is 2. The summed E-state index contributed by atoms with van der Waals surface area (Å²) in [5.41, 5.74) is 2.15. The first-order valence-corrected chi connectivity index (χ1v) is 9.37. The average molecular weight is 422 g/mol. The number of methoxy groups -OCH3 is 1. The molecule has 0 unspecified atom stereocenters. The molecule has 3 rings (SSSR count). The highest BCUT2D eigenvalue weighted by Gasteiger charge is 2.33. The predicted octanol–water partition coefficient (Wildman–Crippen LogP) is 5.06. The van der Waals surface area contributed by atoms with E-state index in [0.717, 1.165) is 43.8 Å². The van der Waals surface area contributed by atoms with E-state index in [0.29, 0.717) is 17.4 Å². The van der Waals surface area contributed by atoms with E-state index in [4.69, 9.17) is 4.74 Å². The number of hydrogen-bond acceptors (Lipinski definition) is 6. The number of nitrogens with one attached hydrogen (secondary N) is 1. The smallest absolute Gasteiger partial charge is 0.416 e. The van der Waals surface area contributed by atoms with Gasteiger partial charge in [0.1, 0.15) is 11.4 Å². The molecule has 1 N–H and O–H groups in total. The Balaban J connectivity index is 1.78. The minimum absolute atomic E-state index is 0.145. The molecule has 1 aliphatic heterocycles. The average Bonchev–Trinajstić information content (AvgIpc) is 2.73. The Morgan fingerprint density at radius 2 is 1.90 bits per heavy atom. The second kappa shape index (κ2) is 9.02. The molecular weight excluding hydrogens is 401 g/mol. The van der Waals surface area contributed by atoms with E-state index in [-0.39, 0.29) is 5.69 Å². The summed E-state index contributed by atoms with van der Waals surface area (Å²) in [6.07, 6.45) is 0.235. The Labute approximate surface area is 171 Å². The molecule has 0 saturated carbocycles. The number of nitro benzene ring substituents is 1. The Morgan fingerprint density at radius 1 is 1.17 bits per heavy atom. The summed E-state index contributed by atoms with van der Waals surface area (Å²) >= 11 is 0. The Kier molecular flexibility index (Phi) is 6.43. The minimum atomic E-state index is -4.67. The number of nitrogens with zero attached hydrogens (tertiary/aromatic N) is 3. The molecule has 0 amide bonds. The fraction of sp³-hybridized carbons (Fsp3) is 0.350. The van der Waals surface area contributed by atoms with Gasteiger partial charge in [0.15, 0.2) is 0 Å². The standard InChI is InChI=1S/C20H21F3N4O3/c1-30-19-12-16(26-9-3-2-4-10-26)7-5-14(19)13-24-25-17-8-6-15(20(21,22)23)11-18(17)27(28)29/h5-8,11-13,25H,2-4,9-10H2,1H3/b24-13-. The van der Waals surface area contributed by atoms with Gasteiger partial charge in [-0.25, -0.2) is 0 Å². The summed E-state index contributed by atoms with van der Waals surface area (Å²) < 4.78 is 43.8. The number of piperidine rings is 1. The van der Waals surface area contributed by atoms with Crippen molar-refractivity contribution in [1.29, 1.82) is 0 Å². The second-order valence-corrected chi connectivity index (χ2v) is 6.83. The van der Waals surface area contributed by atoms with Crippen LogP contribution in [0.4, 0.5) is 30.2 Å². The Morgan fingerprint density at radius 3 is 2.53 bits per heavy atom. The van der Waals surface area contributed by atoms with Crippen molar-refractivity contribution in [2.75, 3.05) is 30.5 Å². The lowest BCUT2D eigenvalue weighted by atomic mass is 10.1. The summed E-state index contributed by atoms with van der Waals surface area (Å²) in [7, 11) is 1.53. The highest BCUT2D eigenvalue weighted by molar-refractivity contribution is 5.85. The largest absolute Gasteiger partial charge is 0.496 e. The van der Waals surface area contributed by atoms with Crippen LogP contribution >= 0.6 is 0 Å². The van der Waals surface area contributed by atoms with Crippen LogP contribution in [0.25, 0.3) is 0 Å². The van der Waals surface area contributed by atoms with Gasteiger partial charge in [-0.2, -0.15) is 18.3 Å². The second-order valence-electron chi connectivity index (χ2n) is 6.83. The van der Waals surface area contributed by atoms with Crippen LogP contribution in [0, 0.1) is 10.1 Å². The lowest BCUT2D eigenvalue weighted by Crippen LogP contribution is -2.29. The fourth-order valence-electron chi connectivity index (χ4n) is 3.28. The molecule has 1 heterocycles. The highest BCUT2D eigenvalue weighted by Crippen LogP contribution is 2.35. The molecule has 0 aliphatic carbocycles. The Hall–Kier alpha value is -3.30. The summed E-state index contributed by atoms with van der Waals surface area (Å²) in [5.74, 6) is 0.575. The molecule has 2 aromatic rings. The maximum Gasteiger partial charge on any atom is 0.416 e. The first-order chi connectivity index (χ1) is 14.3. The van der Waals surface area contributed by atoms with Crippen LogP contribution < -0.4 is 15.1 Å². The number of alkyl halides is 3. The Bertz CT molecular complexity index is 941. The highest BCUT2D eigenvalue weighted by atomic mass is 19.4. The topological polar surface area (TPSA) is 80.0 Å². The molecule has 1 fully saturated rings. The SMILES string of the molecule is COc1cc(N2CCCCC2)ccc1/C=N\Nc1ccc(C(F)(F)F)cc1[N+](=O)[O-]. The minimum Gasteiger partial charge on any atom is -0.496 e. The molecule has 0 aromatic heterocycles. The van der Waals surface area contributed by atoms with Crippen LogP contribution in [-0.4, -0.2) is 31.3 Å². The van der Waals surface area contributed by atoms with Gasteiger partial charge in [0.25, 0.3) is 5.69 Å². The number of nitro groups is 1. The normalized spacial score (nSPS) is 14.7. The van der Waals surface area contributed by atoms with Crippen molar-refractivity contribution in [3.63, 3.8) is 0 Å². The monoisotopic (exact) mass is 422 g/mol. The van der Waals surface area contributed by atoms with Gasteiger partial charge in [-0.15, -0.1) is 0 Å². The van der Waals surface area contributed by atoms with Crippen molar-refractivity contribution in [2.45, 2.75) is 25.4 Å². The van der Waals surface area contributed by atoms with E-state index in [1.54, 1.807) is 0 Å². The zero-order chi connectivity index (χ0) is 21.7. The third-order valence-electron chi connectivity index (χ3n) is 4.85. The lowest BCUT2D eigenvalue weighted by molar-refractivity contribution is -0.384. The molecule has 0 spiro atoms. The van der Waals surface area contributed by atoms with Gasteiger partial charge < -0.3 is 9.64 Å². The zero-order valence-electron chi connectivity index (χ0n) is 16.3. The first-order valence-electron chi connectivity index (χ1n) is 9.37. The molecule has 1 aliphatic rings. The third kappa shape index (κ3) is 5.00. The summed E-state index contributed by atoms with van der Waals surface area (Å²) in [5, 5.41) is 15.1. The number of ether oxygens (including phenoxy) is 1. The van der Waals surface area contributed by atoms with Crippen molar-refractivity contribution in [3.05, 3.63) is 57.6 Å². The van der Waals surface area contributed by atoms with Crippen molar-refractivity contribution < 1.29 is 22.8 Å². The predicted molar refractivity (Wildman–Crippen MR) is 108 cm³/mol. The third-order valence-corrected chi connectivity index (χ3v) is 4.85. The number of hydrogen-bond donors (Lipinski definition) is 1. The van der Waals surface area contributed by atoms with Gasteiger partial charge in [-0.3, -0.25) is 15.5 Å². The maximum absolute atomic E-state index is 12.8. The van der Waals surface area contributed by atoms with Crippen LogP contribution in [-0.2, 0) is 6.18 Å². The molecular formula is C20H21F3N4O3. The van der Waals surface area contributed by atoms with Gasteiger partial charge in [0.05, 0.1) is 23.8 Å². The van der Waals surface area contributed by atoms with Crippen LogP contribution in [0.1, 0.15) is 30.4 Å². The number of benzene rings is 2. The molecule has 0 atom stereocenters. The summed E-state index contributed by atoms with van der Waals surface area (Å²) in [4.78, 5) is 12.5. The van der Waals surface area contributed by atoms with Crippen molar-refractivity contribution in [2.24, 2.45) is 5.10 Å². The van der Waals surface area contributed by atoms with Crippen LogP contribution in [0.3, 0.4) is 0 Å². The first kappa shape index (κ1) is 21.4. The number of rotatable bonds is 6. The molecule has 2 aromatic carbocycles. The van der Waals surface area contributed by atoms with Gasteiger partial charge in [0.2, 0.25) is 0 Å². The maximum atomic E-state index is 12.8. The van der Waals surface area contributed by atoms with Crippen LogP contribution in [0.2, 0.25) is 0 Å².